The standard InChI is InChI=1S/C53H86O20/c1-12-24(2)48(60)70-37-20-33-32(53(61)18-16-31(25(3)55)52(37,53)8)14-13-29-19-30(15-17-51(29,33)7)68-38-21-34(62-9)44(26(4)65-38)71-39-22-35(63-10)45(27(5)66-39)72-50-43(59)47(64-11)46(28(6)67-50)73-49-42(58)41(57)40(56)36(23-54)69-49/h12-13,25-28,30-47,49-50,54-59,61H,14-23H2,1-11H3/b24-12+/t25-,26+,27+,28+,30-,31+,32-,33+,34-,35-,36+,37+,38-,39-,40+,41-,42+,43+,44-,45-,46+,47-,49+,50-,51-,52-,53-/m0/s1. The fraction of sp³-hybridized carbons (Fsp3) is 0.906. The number of allylic oxidation sites excluding steroid dienone is 2. The molecule has 0 unspecified atom stereocenters. The molecule has 0 amide bonds. The number of hydrogen-bond donors (Lipinski definition) is 7. The van der Waals surface area contributed by atoms with Crippen molar-refractivity contribution in [3.05, 3.63) is 23.3 Å². The second-order valence-electron chi connectivity index (χ2n) is 22.8. The molecule has 7 fully saturated rings. The van der Waals surface area contributed by atoms with Crippen LogP contribution in [0.2, 0.25) is 0 Å². The number of aliphatic hydroxyl groups excluding tert-OH is 6. The molecule has 4 aliphatic carbocycles. The summed E-state index contributed by atoms with van der Waals surface area (Å²) in [5, 5.41) is 76.2. The van der Waals surface area contributed by atoms with Crippen LogP contribution in [0.4, 0.5) is 0 Å². The Morgan fingerprint density at radius 2 is 1.36 bits per heavy atom. The van der Waals surface area contributed by atoms with Gasteiger partial charge in [0.1, 0.15) is 61.0 Å². The lowest BCUT2D eigenvalue weighted by atomic mass is 9.44. The van der Waals surface area contributed by atoms with E-state index in [-0.39, 0.29) is 41.7 Å². The van der Waals surface area contributed by atoms with Crippen LogP contribution in [0.25, 0.3) is 0 Å². The zero-order valence-corrected chi connectivity index (χ0v) is 44.5. The third-order valence-electron chi connectivity index (χ3n) is 18.9. The molecule has 4 saturated heterocycles. The quantitative estimate of drug-likeness (QED) is 0.0705. The lowest BCUT2D eigenvalue weighted by molar-refractivity contribution is -0.373. The summed E-state index contributed by atoms with van der Waals surface area (Å²) in [6, 6.07) is 0. The summed E-state index contributed by atoms with van der Waals surface area (Å²) in [5.41, 5.74) is -0.339. The number of carbonyl (C=O) groups is 1. The van der Waals surface area contributed by atoms with E-state index in [1.807, 2.05) is 27.7 Å². The van der Waals surface area contributed by atoms with Gasteiger partial charge in [0, 0.05) is 45.2 Å². The van der Waals surface area contributed by atoms with Crippen molar-refractivity contribution in [3.63, 3.8) is 0 Å². The van der Waals surface area contributed by atoms with Gasteiger partial charge in [-0.25, -0.2) is 4.79 Å². The van der Waals surface area contributed by atoms with Gasteiger partial charge in [0.05, 0.1) is 54.9 Å². The normalized spacial score (nSPS) is 50.8. The maximum absolute atomic E-state index is 13.4. The average molecular weight is 1040 g/mol. The molecule has 4 aliphatic heterocycles. The Morgan fingerprint density at radius 3 is 1.96 bits per heavy atom. The number of rotatable bonds is 15. The van der Waals surface area contributed by atoms with Crippen molar-refractivity contribution in [3.8, 4) is 0 Å². The maximum atomic E-state index is 13.4. The molecule has 8 aliphatic rings. The SMILES string of the molecule is C/C=C(\C)C(=O)O[C@@H]1C[C@@H]2[C@H](CC=C3C[C@@H](O[C@H]4C[C@H](OC)[C@@H](O[C@H]5C[C@H](OC)[C@@H](O[C@@H]6O[C@H](C)[C@@H](O[C@H]7O[C@H](CO)[C@@H](O)[C@H](O)[C@H]7O)[C@@H](OC)[C@H]6O)[C@@H](C)O5)[C@@H](C)O4)CC[C@@]32C)[C@@]2(O)CC[C@H]([C@H](C)O)[C@@]12C. The van der Waals surface area contributed by atoms with Crippen LogP contribution < -0.4 is 0 Å². The minimum atomic E-state index is -1.67. The molecule has 0 spiro atoms. The van der Waals surface area contributed by atoms with Gasteiger partial charge in [-0.15, -0.1) is 0 Å². The van der Waals surface area contributed by atoms with Gasteiger partial charge in [-0.05, 0) is 110 Å². The van der Waals surface area contributed by atoms with Gasteiger partial charge in [-0.1, -0.05) is 31.6 Å². The first-order valence-electron chi connectivity index (χ1n) is 26.7. The first kappa shape index (κ1) is 57.4. The van der Waals surface area contributed by atoms with Crippen LogP contribution in [-0.2, 0) is 61.6 Å². The maximum Gasteiger partial charge on any atom is 0.333 e. The largest absolute Gasteiger partial charge is 0.458 e. The Kier molecular flexibility index (Phi) is 18.0. The zero-order chi connectivity index (χ0) is 53.1. The van der Waals surface area contributed by atoms with E-state index in [0.29, 0.717) is 44.1 Å². The van der Waals surface area contributed by atoms with Gasteiger partial charge in [-0.3, -0.25) is 0 Å². The molecule has 7 N–H and O–H groups in total. The Morgan fingerprint density at radius 1 is 0.753 bits per heavy atom. The highest BCUT2D eigenvalue weighted by Crippen LogP contribution is 2.69. The lowest BCUT2D eigenvalue weighted by Crippen LogP contribution is -2.67. The van der Waals surface area contributed by atoms with E-state index in [4.69, 9.17) is 56.8 Å². The molecule has 0 aromatic carbocycles. The van der Waals surface area contributed by atoms with Crippen molar-refractivity contribution in [2.75, 3.05) is 27.9 Å². The summed E-state index contributed by atoms with van der Waals surface area (Å²) in [7, 11) is 4.57. The smallest absolute Gasteiger partial charge is 0.333 e. The van der Waals surface area contributed by atoms with E-state index in [1.54, 1.807) is 41.1 Å². The highest BCUT2D eigenvalue weighted by Gasteiger charge is 2.71. The Bertz CT molecular complexity index is 1940. The molecular weight excluding hydrogens is 957 g/mol. The van der Waals surface area contributed by atoms with E-state index in [2.05, 4.69) is 13.0 Å². The average Bonchev–Trinajstić information content (AvgIpc) is 3.65. The molecule has 27 atom stereocenters. The fourth-order valence-electron chi connectivity index (χ4n) is 14.5. The molecular formula is C53H86O20. The summed E-state index contributed by atoms with van der Waals surface area (Å²) in [5.74, 6) is -0.562. The fourth-order valence-corrected chi connectivity index (χ4v) is 14.5. The number of ether oxygens (including phenoxy) is 12. The van der Waals surface area contributed by atoms with Crippen molar-refractivity contribution >= 4 is 5.97 Å². The number of carbonyl (C=O) groups excluding carboxylic acids is 1. The van der Waals surface area contributed by atoms with Crippen LogP contribution in [0.15, 0.2) is 23.3 Å². The Labute approximate surface area is 429 Å². The first-order valence-corrected chi connectivity index (χ1v) is 26.7. The van der Waals surface area contributed by atoms with Crippen molar-refractivity contribution in [2.45, 2.75) is 248 Å². The molecule has 0 radical (unpaired) electrons. The summed E-state index contributed by atoms with van der Waals surface area (Å²) in [6.45, 7) is 14.5. The number of fused-ring (bicyclic) bond motifs is 5. The van der Waals surface area contributed by atoms with Crippen LogP contribution in [0, 0.1) is 28.6 Å². The predicted molar refractivity (Wildman–Crippen MR) is 257 cm³/mol. The molecule has 0 bridgehead atoms. The van der Waals surface area contributed by atoms with Crippen molar-refractivity contribution < 1.29 is 97.4 Å². The predicted octanol–water partition coefficient (Wildman–Crippen LogP) is 2.31. The van der Waals surface area contributed by atoms with Crippen molar-refractivity contribution in [1.29, 1.82) is 0 Å². The van der Waals surface area contributed by atoms with E-state index in [9.17, 15) is 40.5 Å². The number of hydrogen-bond acceptors (Lipinski definition) is 20. The number of esters is 1. The summed E-state index contributed by atoms with van der Waals surface area (Å²) in [6.07, 6.45) is -9.40. The topological polar surface area (TPSA) is 269 Å². The van der Waals surface area contributed by atoms with Gasteiger partial charge in [0.25, 0.3) is 0 Å². The van der Waals surface area contributed by atoms with Crippen LogP contribution in [0.5, 0.6) is 0 Å². The molecule has 0 aromatic heterocycles. The molecule has 73 heavy (non-hydrogen) atoms. The van der Waals surface area contributed by atoms with Gasteiger partial charge in [0.15, 0.2) is 25.2 Å². The van der Waals surface area contributed by atoms with E-state index in [1.165, 1.54) is 12.7 Å². The number of methoxy groups -OCH3 is 3. The van der Waals surface area contributed by atoms with Crippen LogP contribution in [0.3, 0.4) is 0 Å². The molecule has 8 rings (SSSR count). The minimum absolute atomic E-state index is 0.0426. The van der Waals surface area contributed by atoms with Crippen LogP contribution >= 0.6 is 0 Å². The molecule has 418 valence electrons. The summed E-state index contributed by atoms with van der Waals surface area (Å²) in [4.78, 5) is 13.4. The monoisotopic (exact) mass is 1040 g/mol. The third kappa shape index (κ3) is 10.5. The first-order chi connectivity index (χ1) is 34.6. The molecule has 20 heteroatoms. The van der Waals surface area contributed by atoms with Gasteiger partial charge in [0.2, 0.25) is 0 Å². The van der Waals surface area contributed by atoms with Crippen LogP contribution in [-0.4, -0.2) is 204 Å². The van der Waals surface area contributed by atoms with Crippen LogP contribution in [0.1, 0.15) is 113 Å². The van der Waals surface area contributed by atoms with Gasteiger partial charge < -0.3 is 92.6 Å². The zero-order valence-electron chi connectivity index (χ0n) is 44.5. The highest BCUT2D eigenvalue weighted by atomic mass is 16.8. The van der Waals surface area contributed by atoms with E-state index < -0.39 is 140 Å². The Hall–Kier alpha value is -1.77. The number of aliphatic hydroxyl groups is 7. The van der Waals surface area contributed by atoms with Crippen molar-refractivity contribution in [1.82, 2.24) is 0 Å². The molecule has 0 aromatic rings. The van der Waals surface area contributed by atoms with E-state index >= 15 is 0 Å². The third-order valence-corrected chi connectivity index (χ3v) is 18.9. The minimum Gasteiger partial charge on any atom is -0.458 e. The van der Waals surface area contributed by atoms with E-state index in [0.717, 1.165) is 12.8 Å². The summed E-state index contributed by atoms with van der Waals surface area (Å²) < 4.78 is 74.4. The molecule has 4 heterocycles. The van der Waals surface area contributed by atoms with Gasteiger partial charge in [-0.2, -0.15) is 0 Å². The molecule has 3 saturated carbocycles. The second-order valence-corrected chi connectivity index (χ2v) is 22.8. The van der Waals surface area contributed by atoms with Gasteiger partial charge >= 0.3 is 5.97 Å². The second kappa shape index (κ2) is 22.9. The lowest BCUT2D eigenvalue weighted by Gasteiger charge is -2.63. The summed E-state index contributed by atoms with van der Waals surface area (Å²) >= 11 is 0. The highest BCUT2D eigenvalue weighted by molar-refractivity contribution is 5.87. The Balaban J connectivity index is 0.865. The molecule has 20 nitrogen and oxygen atoms in total. The van der Waals surface area contributed by atoms with Crippen molar-refractivity contribution in [2.24, 2.45) is 28.6 Å².